The molecule has 3 rings (SSSR count). The van der Waals surface area contributed by atoms with E-state index in [2.05, 4.69) is 40.7 Å². The van der Waals surface area contributed by atoms with Gasteiger partial charge in [0.25, 0.3) is 0 Å². The maximum Gasteiger partial charge on any atom is 0.315 e. The van der Waals surface area contributed by atoms with Crippen LogP contribution in [0.1, 0.15) is 42.0 Å². The van der Waals surface area contributed by atoms with Gasteiger partial charge in [-0.05, 0) is 50.4 Å². The molecule has 24 heavy (non-hydrogen) atoms. The molecule has 1 saturated heterocycles. The van der Waals surface area contributed by atoms with Crippen LogP contribution in [0.25, 0.3) is 0 Å². The number of rotatable bonds is 4. The largest absolute Gasteiger partial charge is 0.383 e. The number of urea groups is 1. The van der Waals surface area contributed by atoms with Gasteiger partial charge < -0.3 is 20.3 Å². The lowest BCUT2D eigenvalue weighted by molar-refractivity contribution is 0.107. The number of ether oxygens (including phenoxy) is 1. The number of amides is 2. The van der Waals surface area contributed by atoms with Crippen LogP contribution in [0.5, 0.6) is 0 Å². The quantitative estimate of drug-likeness (QED) is 0.890. The lowest BCUT2D eigenvalue weighted by Gasteiger charge is -2.40. The number of hydrogen-bond acceptors (Lipinski definition) is 3. The number of carbonyl (C=O) groups excluding carboxylic acids is 1. The van der Waals surface area contributed by atoms with Gasteiger partial charge in [-0.2, -0.15) is 0 Å². The molecule has 2 aliphatic rings. The van der Waals surface area contributed by atoms with E-state index in [1.165, 1.54) is 16.7 Å². The smallest absolute Gasteiger partial charge is 0.315 e. The summed E-state index contributed by atoms with van der Waals surface area (Å²) in [6.45, 7) is 6.12. The maximum absolute atomic E-state index is 11.9. The minimum absolute atomic E-state index is 0.0953. The minimum atomic E-state index is -0.0953. The van der Waals surface area contributed by atoms with Gasteiger partial charge >= 0.3 is 6.03 Å². The van der Waals surface area contributed by atoms with Crippen molar-refractivity contribution in [2.45, 2.75) is 37.6 Å². The van der Waals surface area contributed by atoms with Crippen molar-refractivity contribution >= 4 is 6.03 Å². The Balaban J connectivity index is 1.80. The summed E-state index contributed by atoms with van der Waals surface area (Å²) in [6.07, 6.45) is 3.31. The molecule has 0 bridgehead atoms. The van der Waals surface area contributed by atoms with Crippen molar-refractivity contribution in [3.8, 4) is 0 Å². The number of methoxy groups -OCH3 is 1. The first kappa shape index (κ1) is 17.2. The molecule has 1 spiro atoms. The first-order valence-corrected chi connectivity index (χ1v) is 8.88. The Bertz CT molecular complexity index is 594. The van der Waals surface area contributed by atoms with Crippen LogP contribution >= 0.6 is 0 Å². The van der Waals surface area contributed by atoms with Gasteiger partial charge in [0.05, 0.1) is 12.6 Å². The third kappa shape index (κ3) is 3.28. The molecular formula is C19H29N3O2. The monoisotopic (exact) mass is 331 g/mol. The van der Waals surface area contributed by atoms with E-state index in [1.54, 1.807) is 14.2 Å². The molecule has 0 aromatic heterocycles. The van der Waals surface area contributed by atoms with Gasteiger partial charge in [-0.3, -0.25) is 0 Å². The van der Waals surface area contributed by atoms with E-state index in [-0.39, 0.29) is 17.5 Å². The predicted molar refractivity (Wildman–Crippen MR) is 95.4 cm³/mol. The van der Waals surface area contributed by atoms with Gasteiger partial charge in [-0.25, -0.2) is 4.79 Å². The summed E-state index contributed by atoms with van der Waals surface area (Å²) < 4.78 is 5.21. The van der Waals surface area contributed by atoms with E-state index in [0.717, 1.165) is 45.5 Å². The lowest BCUT2D eigenvalue weighted by Crippen LogP contribution is -2.43. The summed E-state index contributed by atoms with van der Waals surface area (Å²) in [5.41, 5.74) is 4.22. The molecule has 1 heterocycles. The maximum atomic E-state index is 11.9. The number of aryl methyl sites for hydroxylation is 1. The summed E-state index contributed by atoms with van der Waals surface area (Å²) in [5.74, 6) is 0. The molecule has 132 valence electrons. The van der Waals surface area contributed by atoms with Gasteiger partial charge in [-0.1, -0.05) is 23.8 Å². The summed E-state index contributed by atoms with van der Waals surface area (Å²) in [4.78, 5) is 14.3. The van der Waals surface area contributed by atoms with E-state index in [4.69, 9.17) is 4.74 Å². The van der Waals surface area contributed by atoms with E-state index >= 15 is 0 Å². The van der Waals surface area contributed by atoms with Crippen molar-refractivity contribution in [3.63, 3.8) is 0 Å². The van der Waals surface area contributed by atoms with Crippen molar-refractivity contribution in [1.82, 2.24) is 15.5 Å². The number of fused-ring (bicyclic) bond motifs is 2. The summed E-state index contributed by atoms with van der Waals surface area (Å²) in [5, 5.41) is 5.83. The van der Waals surface area contributed by atoms with Gasteiger partial charge in [0, 0.05) is 26.1 Å². The van der Waals surface area contributed by atoms with Crippen LogP contribution in [-0.2, 0) is 10.2 Å². The van der Waals surface area contributed by atoms with Crippen LogP contribution in [0, 0.1) is 6.92 Å². The zero-order valence-electron chi connectivity index (χ0n) is 15.0. The van der Waals surface area contributed by atoms with E-state index < -0.39 is 0 Å². The Morgan fingerprint density at radius 2 is 2.12 bits per heavy atom. The van der Waals surface area contributed by atoms with E-state index in [9.17, 15) is 4.79 Å². The van der Waals surface area contributed by atoms with Gasteiger partial charge in [0.2, 0.25) is 0 Å². The van der Waals surface area contributed by atoms with E-state index in [0.29, 0.717) is 0 Å². The van der Waals surface area contributed by atoms with Crippen molar-refractivity contribution in [3.05, 3.63) is 34.9 Å². The number of hydrogen-bond donors (Lipinski definition) is 2. The second-order valence-electron chi connectivity index (χ2n) is 7.19. The van der Waals surface area contributed by atoms with Crippen LogP contribution in [0.2, 0.25) is 0 Å². The molecular weight excluding hydrogens is 302 g/mol. The van der Waals surface area contributed by atoms with Gasteiger partial charge in [-0.15, -0.1) is 0 Å². The highest BCUT2D eigenvalue weighted by Gasteiger charge is 2.45. The average molecular weight is 331 g/mol. The first-order valence-electron chi connectivity index (χ1n) is 8.88. The minimum Gasteiger partial charge on any atom is -0.383 e. The van der Waals surface area contributed by atoms with Crippen LogP contribution in [-0.4, -0.2) is 51.3 Å². The number of nitrogens with zero attached hydrogens (tertiary/aromatic N) is 1. The number of carbonyl (C=O) groups is 1. The molecule has 5 nitrogen and oxygen atoms in total. The third-order valence-corrected chi connectivity index (χ3v) is 5.71. The number of benzene rings is 1. The zero-order valence-corrected chi connectivity index (χ0v) is 15.0. The number of likely N-dealkylation sites (tertiary alicyclic amines) is 1. The molecule has 2 amide bonds. The van der Waals surface area contributed by atoms with Crippen molar-refractivity contribution in [1.29, 1.82) is 0 Å². The molecule has 1 atom stereocenters. The molecule has 0 radical (unpaired) electrons. The van der Waals surface area contributed by atoms with Gasteiger partial charge in [0.15, 0.2) is 0 Å². The SMILES string of the molecule is CNC(=O)NC1CC2(CCN(CCOC)CC2)c2ccc(C)cc21. The van der Waals surface area contributed by atoms with Crippen molar-refractivity contribution in [2.24, 2.45) is 0 Å². The Labute approximate surface area is 144 Å². The van der Waals surface area contributed by atoms with Crippen molar-refractivity contribution in [2.75, 3.05) is 40.4 Å². The lowest BCUT2D eigenvalue weighted by atomic mass is 9.73. The average Bonchev–Trinajstić information content (AvgIpc) is 2.87. The fourth-order valence-electron chi connectivity index (χ4n) is 4.32. The molecule has 1 unspecified atom stereocenters. The molecule has 5 heteroatoms. The molecule has 1 aliphatic carbocycles. The molecule has 1 aromatic rings. The standard InChI is InChI=1S/C19H29N3O2/c1-14-4-5-16-15(12-14)17(21-18(23)20-2)13-19(16)6-8-22(9-7-19)10-11-24-3/h4-5,12,17H,6-11,13H2,1-3H3,(H2,20,21,23). The van der Waals surface area contributed by atoms with Crippen LogP contribution < -0.4 is 10.6 Å². The van der Waals surface area contributed by atoms with Crippen LogP contribution in [0.3, 0.4) is 0 Å². The first-order chi connectivity index (χ1) is 11.6. The molecule has 2 N–H and O–H groups in total. The summed E-state index contributed by atoms with van der Waals surface area (Å²) in [6, 6.07) is 6.77. The highest BCUT2D eigenvalue weighted by Crippen LogP contribution is 2.50. The van der Waals surface area contributed by atoms with E-state index in [1.807, 2.05) is 0 Å². The second kappa shape index (κ2) is 7.11. The van der Waals surface area contributed by atoms with Crippen LogP contribution in [0.4, 0.5) is 4.79 Å². The molecule has 0 saturated carbocycles. The summed E-state index contributed by atoms with van der Waals surface area (Å²) in [7, 11) is 3.43. The molecule has 1 fully saturated rings. The number of nitrogens with one attached hydrogen (secondary N) is 2. The Morgan fingerprint density at radius 1 is 1.38 bits per heavy atom. The highest BCUT2D eigenvalue weighted by atomic mass is 16.5. The second-order valence-corrected chi connectivity index (χ2v) is 7.19. The topological polar surface area (TPSA) is 53.6 Å². The fraction of sp³-hybridized carbons (Fsp3) is 0.632. The molecule has 1 aromatic carbocycles. The zero-order chi connectivity index (χ0) is 17.2. The predicted octanol–water partition coefficient (Wildman–Crippen LogP) is 2.35. The van der Waals surface area contributed by atoms with Crippen molar-refractivity contribution < 1.29 is 9.53 Å². The fourth-order valence-corrected chi connectivity index (χ4v) is 4.32. The van der Waals surface area contributed by atoms with Crippen LogP contribution in [0.15, 0.2) is 18.2 Å². The highest BCUT2D eigenvalue weighted by molar-refractivity contribution is 5.74. The van der Waals surface area contributed by atoms with Gasteiger partial charge in [0.1, 0.15) is 0 Å². The Kier molecular flexibility index (Phi) is 5.11. The summed E-state index contributed by atoms with van der Waals surface area (Å²) >= 11 is 0. The normalized spacial score (nSPS) is 22.4. The third-order valence-electron chi connectivity index (χ3n) is 5.71. The number of piperidine rings is 1. The molecule has 1 aliphatic heterocycles. The Hall–Kier alpha value is -1.59. The Morgan fingerprint density at radius 3 is 2.79 bits per heavy atom.